The number of para-hydroxylation sites is 1. The minimum atomic E-state index is -0.910. The molecule has 1 saturated heterocycles. The van der Waals surface area contributed by atoms with Crippen LogP contribution < -0.4 is 15.2 Å². The zero-order valence-corrected chi connectivity index (χ0v) is 17.3. The molecule has 1 N–H and O–H groups in total. The van der Waals surface area contributed by atoms with Gasteiger partial charge >= 0.3 is 0 Å². The average molecular weight is 460 g/mol. The fraction of sp³-hybridized carbons (Fsp3) is 0.150. The molecule has 0 aromatic heterocycles. The number of nitro benzene ring substituents is 1. The summed E-state index contributed by atoms with van der Waals surface area (Å²) >= 11 is 0.521. The Bertz CT molecular complexity index is 1150. The first-order chi connectivity index (χ1) is 15.2. The lowest BCUT2D eigenvalue weighted by atomic mass is 10.1. The summed E-state index contributed by atoms with van der Waals surface area (Å²) < 4.78 is 18.8. The standard InChI is InChI=1S/C20H16FN3O7S/c1-2-31-15-8-11(7-14(18(15)26)24(29)30)9-16-19(27)23(20(28)32-16)10-17(25)22-13-6-4-3-5-12(13)21/h3-9,26H,2,10H2,1H3,(H,22,25)/p-1/b16-9+. The Morgan fingerprint density at radius 2 is 2.03 bits per heavy atom. The van der Waals surface area contributed by atoms with E-state index in [-0.39, 0.29) is 28.5 Å². The number of rotatable bonds is 7. The summed E-state index contributed by atoms with van der Waals surface area (Å²) in [6.45, 7) is 1.03. The molecule has 1 heterocycles. The van der Waals surface area contributed by atoms with Gasteiger partial charge < -0.3 is 15.2 Å². The highest BCUT2D eigenvalue weighted by Gasteiger charge is 2.36. The van der Waals surface area contributed by atoms with E-state index in [0.717, 1.165) is 12.1 Å². The highest BCUT2D eigenvalue weighted by molar-refractivity contribution is 8.18. The molecule has 0 spiro atoms. The summed E-state index contributed by atoms with van der Waals surface area (Å²) in [6, 6.07) is 7.59. The molecule has 0 radical (unpaired) electrons. The Morgan fingerprint density at radius 3 is 2.69 bits per heavy atom. The van der Waals surface area contributed by atoms with Gasteiger partial charge in [-0.15, -0.1) is 0 Å². The summed E-state index contributed by atoms with van der Waals surface area (Å²) in [5.41, 5.74) is -0.750. The van der Waals surface area contributed by atoms with Crippen LogP contribution in [0.25, 0.3) is 6.08 Å². The van der Waals surface area contributed by atoms with Crippen LogP contribution in [0.1, 0.15) is 12.5 Å². The van der Waals surface area contributed by atoms with Gasteiger partial charge in [-0.1, -0.05) is 12.1 Å². The molecule has 2 aromatic carbocycles. The number of nitrogens with one attached hydrogen (secondary N) is 1. The van der Waals surface area contributed by atoms with Crippen molar-refractivity contribution in [2.24, 2.45) is 0 Å². The van der Waals surface area contributed by atoms with Crippen LogP contribution in [0, 0.1) is 15.9 Å². The van der Waals surface area contributed by atoms with E-state index in [2.05, 4.69) is 5.32 Å². The lowest BCUT2D eigenvalue weighted by molar-refractivity contribution is -0.398. The molecule has 0 bridgehead atoms. The van der Waals surface area contributed by atoms with Crippen LogP contribution in [0.4, 0.5) is 20.6 Å². The molecule has 10 nitrogen and oxygen atoms in total. The quantitative estimate of drug-likeness (QED) is 0.378. The van der Waals surface area contributed by atoms with E-state index in [0.29, 0.717) is 16.7 Å². The number of amides is 3. The monoisotopic (exact) mass is 460 g/mol. The molecular weight excluding hydrogens is 445 g/mol. The van der Waals surface area contributed by atoms with Crippen LogP contribution in [-0.4, -0.2) is 40.0 Å². The maximum atomic E-state index is 13.7. The molecule has 0 unspecified atom stereocenters. The van der Waals surface area contributed by atoms with E-state index in [1.54, 1.807) is 6.92 Å². The topological polar surface area (TPSA) is 142 Å². The number of hydrogen-bond acceptors (Lipinski definition) is 8. The first kappa shape index (κ1) is 22.7. The predicted octanol–water partition coefficient (Wildman–Crippen LogP) is 2.88. The lowest BCUT2D eigenvalue weighted by Crippen LogP contribution is -2.36. The highest BCUT2D eigenvalue weighted by Crippen LogP contribution is 2.38. The molecule has 1 aliphatic heterocycles. The van der Waals surface area contributed by atoms with Gasteiger partial charge in [0.25, 0.3) is 16.8 Å². The van der Waals surface area contributed by atoms with Crippen molar-refractivity contribution in [2.75, 3.05) is 18.5 Å². The van der Waals surface area contributed by atoms with E-state index < -0.39 is 45.8 Å². The first-order valence-corrected chi connectivity index (χ1v) is 9.95. The molecule has 1 aliphatic rings. The van der Waals surface area contributed by atoms with E-state index in [4.69, 9.17) is 4.74 Å². The Kier molecular flexibility index (Phi) is 6.73. The SMILES string of the molecule is CCOc1cc(/C=C2/SC(=O)N(CC(=O)Nc3ccccc3F)C2=O)cc([N+](=O)[O-])c1[O-]. The van der Waals surface area contributed by atoms with Gasteiger partial charge in [0.2, 0.25) is 5.91 Å². The van der Waals surface area contributed by atoms with Gasteiger partial charge in [0, 0.05) is 11.8 Å². The number of ether oxygens (including phenoxy) is 1. The van der Waals surface area contributed by atoms with Crippen molar-refractivity contribution in [3.05, 3.63) is 62.8 Å². The molecule has 3 rings (SSSR count). The zero-order valence-electron chi connectivity index (χ0n) is 16.5. The third-order valence-electron chi connectivity index (χ3n) is 4.18. The van der Waals surface area contributed by atoms with Crippen molar-refractivity contribution < 1.29 is 33.5 Å². The first-order valence-electron chi connectivity index (χ1n) is 9.13. The molecule has 0 aliphatic carbocycles. The predicted molar refractivity (Wildman–Crippen MR) is 111 cm³/mol. The van der Waals surface area contributed by atoms with Crippen molar-refractivity contribution in [3.63, 3.8) is 0 Å². The van der Waals surface area contributed by atoms with Crippen LogP contribution >= 0.6 is 11.8 Å². The van der Waals surface area contributed by atoms with Crippen molar-refractivity contribution in [1.29, 1.82) is 0 Å². The molecule has 0 atom stereocenters. The molecule has 3 amide bonds. The molecule has 1 fully saturated rings. The summed E-state index contributed by atoms with van der Waals surface area (Å²) in [6.07, 6.45) is 1.19. The minimum absolute atomic E-state index is 0.0868. The fourth-order valence-corrected chi connectivity index (χ4v) is 3.61. The average Bonchev–Trinajstić information content (AvgIpc) is 2.99. The van der Waals surface area contributed by atoms with Gasteiger partial charge in [0.05, 0.1) is 22.1 Å². The molecular formula is C20H15FN3O7S-. The van der Waals surface area contributed by atoms with Crippen LogP contribution in [0.15, 0.2) is 41.3 Å². The van der Waals surface area contributed by atoms with Gasteiger partial charge in [-0.2, -0.15) is 0 Å². The number of anilines is 1. The summed E-state index contributed by atoms with van der Waals surface area (Å²) in [5, 5.41) is 24.7. The smallest absolute Gasteiger partial charge is 0.294 e. The normalized spacial score (nSPS) is 14.7. The third kappa shape index (κ3) is 4.86. The summed E-state index contributed by atoms with van der Waals surface area (Å²) in [4.78, 5) is 47.8. The largest absolute Gasteiger partial charge is 0.865 e. The fourth-order valence-electron chi connectivity index (χ4n) is 2.77. The van der Waals surface area contributed by atoms with Crippen molar-refractivity contribution in [2.45, 2.75) is 6.92 Å². The number of imide groups is 1. The lowest BCUT2D eigenvalue weighted by Gasteiger charge is -2.15. The number of benzene rings is 2. The molecule has 2 aromatic rings. The number of nitro groups is 1. The second kappa shape index (κ2) is 9.47. The number of thioether (sulfide) groups is 1. The Balaban J connectivity index is 1.81. The van der Waals surface area contributed by atoms with Crippen molar-refractivity contribution in [1.82, 2.24) is 4.90 Å². The van der Waals surface area contributed by atoms with Gasteiger partial charge in [0.1, 0.15) is 18.1 Å². The number of nitrogens with zero attached hydrogens (tertiary/aromatic N) is 2. The van der Waals surface area contributed by atoms with Gasteiger partial charge in [-0.05, 0) is 48.5 Å². The van der Waals surface area contributed by atoms with Crippen molar-refractivity contribution in [3.8, 4) is 11.5 Å². The van der Waals surface area contributed by atoms with Gasteiger partial charge in [-0.3, -0.25) is 29.4 Å². The van der Waals surface area contributed by atoms with Crippen LogP contribution in [0.2, 0.25) is 0 Å². The maximum Gasteiger partial charge on any atom is 0.294 e. The van der Waals surface area contributed by atoms with Crippen LogP contribution in [-0.2, 0) is 9.59 Å². The highest BCUT2D eigenvalue weighted by atomic mass is 32.2. The summed E-state index contributed by atoms with van der Waals surface area (Å²) in [5.74, 6) is -3.45. The summed E-state index contributed by atoms with van der Waals surface area (Å²) in [7, 11) is 0. The molecule has 12 heteroatoms. The molecule has 0 saturated carbocycles. The Morgan fingerprint density at radius 1 is 1.31 bits per heavy atom. The van der Waals surface area contributed by atoms with E-state index >= 15 is 0 Å². The molecule has 166 valence electrons. The van der Waals surface area contributed by atoms with E-state index in [1.165, 1.54) is 30.3 Å². The zero-order chi connectivity index (χ0) is 23.4. The third-order valence-corrected chi connectivity index (χ3v) is 5.08. The maximum absolute atomic E-state index is 13.7. The van der Waals surface area contributed by atoms with E-state index in [1.807, 2.05) is 0 Å². The van der Waals surface area contributed by atoms with Crippen molar-refractivity contribution >= 4 is 46.3 Å². The van der Waals surface area contributed by atoms with E-state index in [9.17, 15) is 34.0 Å². The number of carbonyl (C=O) groups excluding carboxylic acids is 3. The second-order valence-electron chi connectivity index (χ2n) is 6.35. The number of halogens is 1. The Labute approximate surface area is 184 Å². The van der Waals surface area contributed by atoms with Gasteiger partial charge in [-0.25, -0.2) is 4.39 Å². The Hall–Kier alpha value is -3.93. The van der Waals surface area contributed by atoms with Crippen LogP contribution in [0.3, 0.4) is 0 Å². The number of hydrogen-bond donors (Lipinski definition) is 1. The van der Waals surface area contributed by atoms with Crippen LogP contribution in [0.5, 0.6) is 11.5 Å². The van der Waals surface area contributed by atoms with Gasteiger partial charge in [0.15, 0.2) is 0 Å². The number of carbonyl (C=O) groups is 3. The minimum Gasteiger partial charge on any atom is -0.865 e. The second-order valence-corrected chi connectivity index (χ2v) is 7.35. The molecule has 32 heavy (non-hydrogen) atoms.